The summed E-state index contributed by atoms with van der Waals surface area (Å²) >= 11 is 5.47. The zero-order chi connectivity index (χ0) is 19.4. The Bertz CT molecular complexity index is 867. The number of nitrogens with zero attached hydrogens (tertiary/aromatic N) is 1. The summed E-state index contributed by atoms with van der Waals surface area (Å²) < 4.78 is 5.46. The zero-order valence-corrected chi connectivity index (χ0v) is 16.8. The van der Waals surface area contributed by atoms with Crippen LogP contribution in [0.4, 0.5) is 17.1 Å². The van der Waals surface area contributed by atoms with Crippen molar-refractivity contribution in [2.24, 2.45) is 0 Å². The molecule has 1 aliphatic heterocycles. The molecule has 1 fully saturated rings. The average Bonchev–Trinajstić information content (AvgIpc) is 2.66. The van der Waals surface area contributed by atoms with Gasteiger partial charge in [0.15, 0.2) is 5.11 Å². The SMILES string of the molecule is COc1ccc(NC(=S)Nc2cccc(C)c2C)cc1N1CCCCC1=O. The lowest BCUT2D eigenvalue weighted by Crippen LogP contribution is -2.35. The molecule has 0 bridgehead atoms. The predicted octanol–water partition coefficient (Wildman–Crippen LogP) is 4.64. The first-order valence-electron chi connectivity index (χ1n) is 9.12. The molecule has 1 amide bonds. The molecule has 0 aromatic heterocycles. The molecule has 0 atom stereocenters. The van der Waals surface area contributed by atoms with Crippen molar-refractivity contribution in [3.05, 3.63) is 47.5 Å². The van der Waals surface area contributed by atoms with Crippen LogP contribution in [-0.4, -0.2) is 24.7 Å². The minimum atomic E-state index is 0.132. The molecule has 1 aliphatic rings. The molecule has 0 saturated carbocycles. The van der Waals surface area contributed by atoms with Crippen LogP contribution < -0.4 is 20.3 Å². The van der Waals surface area contributed by atoms with E-state index in [1.54, 1.807) is 12.0 Å². The summed E-state index contributed by atoms with van der Waals surface area (Å²) in [4.78, 5) is 14.1. The molecule has 27 heavy (non-hydrogen) atoms. The second-order valence-corrected chi connectivity index (χ2v) is 7.12. The standard InChI is InChI=1S/C21H25N3O2S/c1-14-7-6-8-17(15(14)2)23-21(27)22-16-10-11-19(26-3)18(13-16)24-12-5-4-9-20(24)25/h6-8,10-11,13H,4-5,9,12H2,1-3H3,(H2,22,23,27). The maximum atomic E-state index is 12.3. The van der Waals surface area contributed by atoms with Crippen LogP contribution in [0.15, 0.2) is 36.4 Å². The van der Waals surface area contributed by atoms with Gasteiger partial charge in [0.25, 0.3) is 0 Å². The van der Waals surface area contributed by atoms with Crippen molar-refractivity contribution >= 4 is 40.3 Å². The number of rotatable bonds is 4. The highest BCUT2D eigenvalue weighted by molar-refractivity contribution is 7.80. The van der Waals surface area contributed by atoms with Gasteiger partial charge in [0.1, 0.15) is 5.75 Å². The van der Waals surface area contributed by atoms with Crippen LogP contribution in [0.5, 0.6) is 5.75 Å². The van der Waals surface area contributed by atoms with Gasteiger partial charge in [0, 0.05) is 24.3 Å². The van der Waals surface area contributed by atoms with Crippen molar-refractivity contribution in [1.29, 1.82) is 0 Å². The molecular formula is C21H25N3O2S. The highest BCUT2D eigenvalue weighted by Crippen LogP contribution is 2.33. The van der Waals surface area contributed by atoms with Crippen LogP contribution in [0, 0.1) is 13.8 Å². The number of nitrogens with one attached hydrogen (secondary N) is 2. The highest BCUT2D eigenvalue weighted by atomic mass is 32.1. The number of benzene rings is 2. The summed E-state index contributed by atoms with van der Waals surface area (Å²) in [5, 5.41) is 6.96. The fourth-order valence-corrected chi connectivity index (χ4v) is 3.44. The third kappa shape index (κ3) is 4.39. The van der Waals surface area contributed by atoms with Crippen molar-refractivity contribution in [2.75, 3.05) is 29.2 Å². The monoisotopic (exact) mass is 383 g/mol. The highest BCUT2D eigenvalue weighted by Gasteiger charge is 2.23. The summed E-state index contributed by atoms with van der Waals surface area (Å²) in [6.07, 6.45) is 2.52. The van der Waals surface area contributed by atoms with Crippen molar-refractivity contribution in [3.8, 4) is 5.75 Å². The van der Waals surface area contributed by atoms with Crippen molar-refractivity contribution in [3.63, 3.8) is 0 Å². The Balaban J connectivity index is 1.78. The van der Waals surface area contributed by atoms with Crippen molar-refractivity contribution < 1.29 is 9.53 Å². The van der Waals surface area contributed by atoms with E-state index in [1.165, 1.54) is 5.56 Å². The minimum absolute atomic E-state index is 0.132. The van der Waals surface area contributed by atoms with Crippen LogP contribution in [0.2, 0.25) is 0 Å². The Labute approximate surface area is 165 Å². The van der Waals surface area contributed by atoms with Gasteiger partial charge < -0.3 is 20.3 Å². The van der Waals surface area contributed by atoms with Crippen LogP contribution >= 0.6 is 12.2 Å². The Kier molecular flexibility index (Phi) is 5.96. The van der Waals surface area contributed by atoms with Gasteiger partial charge >= 0.3 is 0 Å². The summed E-state index contributed by atoms with van der Waals surface area (Å²) in [7, 11) is 1.62. The van der Waals surface area contributed by atoms with E-state index in [0.717, 1.165) is 35.5 Å². The van der Waals surface area contributed by atoms with Gasteiger partial charge in [-0.25, -0.2) is 0 Å². The van der Waals surface area contributed by atoms with E-state index in [4.69, 9.17) is 17.0 Å². The Hall–Kier alpha value is -2.60. The Morgan fingerprint density at radius 2 is 1.96 bits per heavy atom. The summed E-state index contributed by atoms with van der Waals surface area (Å²) in [5.74, 6) is 0.817. The van der Waals surface area contributed by atoms with E-state index in [2.05, 4.69) is 30.5 Å². The lowest BCUT2D eigenvalue weighted by molar-refractivity contribution is -0.119. The second kappa shape index (κ2) is 8.39. The fourth-order valence-electron chi connectivity index (χ4n) is 3.21. The van der Waals surface area contributed by atoms with E-state index in [0.29, 0.717) is 23.8 Å². The van der Waals surface area contributed by atoms with Gasteiger partial charge in [-0.15, -0.1) is 0 Å². The molecule has 6 heteroatoms. The van der Waals surface area contributed by atoms with E-state index < -0.39 is 0 Å². The zero-order valence-electron chi connectivity index (χ0n) is 16.0. The number of amides is 1. The van der Waals surface area contributed by atoms with Crippen LogP contribution in [-0.2, 0) is 4.79 Å². The number of ether oxygens (including phenoxy) is 1. The number of hydrogen-bond donors (Lipinski definition) is 2. The second-order valence-electron chi connectivity index (χ2n) is 6.72. The third-order valence-corrected chi connectivity index (χ3v) is 5.11. The Morgan fingerprint density at radius 1 is 1.15 bits per heavy atom. The summed E-state index contributed by atoms with van der Waals surface area (Å²) in [6.45, 7) is 4.85. The molecule has 2 aromatic rings. The minimum Gasteiger partial charge on any atom is -0.495 e. The van der Waals surface area contributed by atoms with Gasteiger partial charge in [-0.05, 0) is 74.3 Å². The molecule has 0 aliphatic carbocycles. The van der Waals surface area contributed by atoms with Gasteiger partial charge in [0.05, 0.1) is 12.8 Å². The molecule has 0 spiro atoms. The first-order chi connectivity index (χ1) is 13.0. The van der Waals surface area contributed by atoms with Crippen LogP contribution in [0.25, 0.3) is 0 Å². The quantitative estimate of drug-likeness (QED) is 0.754. The first kappa shape index (κ1) is 19.2. The number of piperidine rings is 1. The third-order valence-electron chi connectivity index (χ3n) is 4.90. The van der Waals surface area contributed by atoms with Crippen LogP contribution in [0.3, 0.4) is 0 Å². The van der Waals surface area contributed by atoms with E-state index >= 15 is 0 Å². The number of anilines is 3. The fraction of sp³-hybridized carbons (Fsp3) is 0.333. The maximum absolute atomic E-state index is 12.3. The molecule has 2 N–H and O–H groups in total. The van der Waals surface area contributed by atoms with E-state index in [9.17, 15) is 4.79 Å². The lowest BCUT2D eigenvalue weighted by Gasteiger charge is -2.28. The average molecular weight is 384 g/mol. The molecule has 142 valence electrons. The number of carbonyl (C=O) groups excluding carboxylic acids is 1. The molecule has 0 unspecified atom stereocenters. The molecule has 3 rings (SSSR count). The van der Waals surface area contributed by atoms with Gasteiger partial charge in [-0.2, -0.15) is 0 Å². The van der Waals surface area contributed by atoms with Gasteiger partial charge in [-0.1, -0.05) is 12.1 Å². The van der Waals surface area contributed by atoms with E-state index in [-0.39, 0.29) is 5.91 Å². The largest absolute Gasteiger partial charge is 0.495 e. The van der Waals surface area contributed by atoms with Crippen LogP contribution in [0.1, 0.15) is 30.4 Å². The number of hydrogen-bond acceptors (Lipinski definition) is 3. The maximum Gasteiger partial charge on any atom is 0.227 e. The molecule has 1 saturated heterocycles. The topological polar surface area (TPSA) is 53.6 Å². The molecule has 2 aromatic carbocycles. The number of carbonyl (C=O) groups is 1. The molecule has 1 heterocycles. The number of aryl methyl sites for hydroxylation is 1. The lowest BCUT2D eigenvalue weighted by atomic mass is 10.1. The molecular weight excluding hydrogens is 358 g/mol. The van der Waals surface area contributed by atoms with Crippen molar-refractivity contribution in [2.45, 2.75) is 33.1 Å². The first-order valence-corrected chi connectivity index (χ1v) is 9.53. The number of methoxy groups -OCH3 is 1. The van der Waals surface area contributed by atoms with Crippen molar-refractivity contribution in [1.82, 2.24) is 0 Å². The van der Waals surface area contributed by atoms with E-state index in [1.807, 2.05) is 30.3 Å². The predicted molar refractivity (Wildman–Crippen MR) is 115 cm³/mol. The van der Waals surface area contributed by atoms with Gasteiger partial charge in [-0.3, -0.25) is 4.79 Å². The molecule has 0 radical (unpaired) electrons. The normalized spacial score (nSPS) is 14.0. The summed E-state index contributed by atoms with van der Waals surface area (Å²) in [5.41, 5.74) is 4.94. The Morgan fingerprint density at radius 3 is 2.70 bits per heavy atom. The number of thiocarbonyl (C=S) groups is 1. The van der Waals surface area contributed by atoms with Gasteiger partial charge in [0.2, 0.25) is 5.91 Å². The summed E-state index contributed by atoms with van der Waals surface area (Å²) in [6, 6.07) is 11.7. The smallest absolute Gasteiger partial charge is 0.227 e. The molecule has 5 nitrogen and oxygen atoms in total.